The van der Waals surface area contributed by atoms with E-state index in [1.807, 2.05) is 31.2 Å². The van der Waals surface area contributed by atoms with E-state index in [0.717, 1.165) is 0 Å². The molecule has 3 heteroatoms. The molecular weight excluding hydrogens is 178 g/mol. The topological polar surface area (TPSA) is 52.5 Å². The second-order valence-electron chi connectivity index (χ2n) is 3.37. The first-order valence-corrected chi connectivity index (χ1v) is 4.77. The number of aliphatic hydroxyl groups excluding tert-OH is 2. The summed E-state index contributed by atoms with van der Waals surface area (Å²) in [6.45, 7) is 2.65. The molecule has 1 aromatic rings. The lowest BCUT2D eigenvalue weighted by atomic mass is 10.1. The molecule has 0 spiro atoms. The van der Waals surface area contributed by atoms with Crippen molar-refractivity contribution >= 4 is 0 Å². The highest BCUT2D eigenvalue weighted by Gasteiger charge is 2.04. The van der Waals surface area contributed by atoms with Gasteiger partial charge in [-0.05, 0) is 18.1 Å². The molecule has 1 aromatic carbocycles. The number of benzene rings is 1. The van der Waals surface area contributed by atoms with Crippen LogP contribution in [0.15, 0.2) is 24.3 Å². The summed E-state index contributed by atoms with van der Waals surface area (Å²) in [6.07, 6.45) is 0. The predicted molar refractivity (Wildman–Crippen MR) is 56.0 cm³/mol. The normalized spacial score (nSPS) is 10.9. The fraction of sp³-hybridized carbons (Fsp3) is 0.455. The zero-order chi connectivity index (χ0) is 10.4. The second-order valence-corrected chi connectivity index (χ2v) is 3.37. The number of rotatable bonds is 5. The van der Waals surface area contributed by atoms with Crippen molar-refractivity contribution in [2.45, 2.75) is 19.5 Å². The van der Waals surface area contributed by atoms with E-state index >= 15 is 0 Å². The van der Waals surface area contributed by atoms with Crippen molar-refractivity contribution in [1.82, 2.24) is 5.32 Å². The molecule has 0 bridgehead atoms. The first-order chi connectivity index (χ1) is 6.77. The molecule has 0 aromatic heterocycles. The Bertz CT molecular complexity index is 272. The monoisotopic (exact) mass is 195 g/mol. The molecule has 0 radical (unpaired) electrons. The third kappa shape index (κ3) is 3.10. The minimum absolute atomic E-state index is 0.0393. The first kappa shape index (κ1) is 11.2. The van der Waals surface area contributed by atoms with Gasteiger partial charge in [0.05, 0.1) is 19.3 Å². The Kier molecular flexibility index (Phi) is 4.59. The molecule has 1 rings (SSSR count). The van der Waals surface area contributed by atoms with Crippen LogP contribution in [-0.4, -0.2) is 29.5 Å². The molecule has 78 valence electrons. The molecule has 0 aliphatic heterocycles. The van der Waals surface area contributed by atoms with Crippen molar-refractivity contribution in [2.75, 3.05) is 13.2 Å². The van der Waals surface area contributed by atoms with Crippen LogP contribution in [0.1, 0.15) is 11.1 Å². The molecule has 0 fully saturated rings. The van der Waals surface area contributed by atoms with Crippen LogP contribution in [0, 0.1) is 6.92 Å². The van der Waals surface area contributed by atoms with Crippen LogP contribution in [0.2, 0.25) is 0 Å². The van der Waals surface area contributed by atoms with Crippen LogP contribution in [0.3, 0.4) is 0 Å². The summed E-state index contributed by atoms with van der Waals surface area (Å²) in [4.78, 5) is 0. The quantitative estimate of drug-likeness (QED) is 0.639. The van der Waals surface area contributed by atoms with E-state index < -0.39 is 0 Å². The van der Waals surface area contributed by atoms with Gasteiger partial charge in [-0.25, -0.2) is 0 Å². The Labute approximate surface area is 84.4 Å². The van der Waals surface area contributed by atoms with E-state index in [2.05, 4.69) is 5.32 Å². The van der Waals surface area contributed by atoms with E-state index in [4.69, 9.17) is 10.2 Å². The van der Waals surface area contributed by atoms with Gasteiger partial charge in [0.25, 0.3) is 0 Å². The van der Waals surface area contributed by atoms with Gasteiger partial charge in [-0.1, -0.05) is 24.3 Å². The average Bonchev–Trinajstić information content (AvgIpc) is 2.22. The SMILES string of the molecule is Cc1ccccc1CNC(CO)CO. The standard InChI is InChI=1S/C11H17NO2/c1-9-4-2-3-5-10(9)6-12-11(7-13)8-14/h2-5,11-14H,6-8H2,1H3. The maximum atomic E-state index is 8.85. The third-order valence-electron chi connectivity index (χ3n) is 2.28. The molecule has 14 heavy (non-hydrogen) atoms. The van der Waals surface area contributed by atoms with Crippen molar-refractivity contribution in [3.05, 3.63) is 35.4 Å². The Morgan fingerprint density at radius 2 is 1.86 bits per heavy atom. The van der Waals surface area contributed by atoms with E-state index in [0.29, 0.717) is 6.54 Å². The summed E-state index contributed by atoms with van der Waals surface area (Å²) in [5, 5.41) is 20.8. The third-order valence-corrected chi connectivity index (χ3v) is 2.28. The molecule has 0 aliphatic rings. The second kappa shape index (κ2) is 5.75. The number of aliphatic hydroxyl groups is 2. The van der Waals surface area contributed by atoms with E-state index in [9.17, 15) is 0 Å². The van der Waals surface area contributed by atoms with E-state index in [-0.39, 0.29) is 19.3 Å². The minimum Gasteiger partial charge on any atom is -0.395 e. The van der Waals surface area contributed by atoms with Crippen LogP contribution < -0.4 is 5.32 Å². The van der Waals surface area contributed by atoms with Crippen LogP contribution in [-0.2, 0) is 6.54 Å². The molecule has 3 nitrogen and oxygen atoms in total. The Balaban J connectivity index is 2.49. The van der Waals surface area contributed by atoms with Crippen molar-refractivity contribution in [2.24, 2.45) is 0 Å². The summed E-state index contributed by atoms with van der Waals surface area (Å²) in [6, 6.07) is 7.83. The molecule has 0 unspecified atom stereocenters. The van der Waals surface area contributed by atoms with E-state index in [1.165, 1.54) is 11.1 Å². The highest BCUT2D eigenvalue weighted by atomic mass is 16.3. The molecular formula is C11H17NO2. The molecule has 0 aliphatic carbocycles. The lowest BCUT2D eigenvalue weighted by Gasteiger charge is -2.14. The van der Waals surface area contributed by atoms with Gasteiger partial charge in [-0.15, -0.1) is 0 Å². The first-order valence-electron chi connectivity index (χ1n) is 4.77. The molecule has 0 saturated heterocycles. The summed E-state index contributed by atoms with van der Waals surface area (Å²) in [7, 11) is 0. The largest absolute Gasteiger partial charge is 0.395 e. The lowest BCUT2D eigenvalue weighted by Crippen LogP contribution is -2.35. The highest BCUT2D eigenvalue weighted by Crippen LogP contribution is 2.06. The minimum atomic E-state index is -0.227. The molecule has 3 N–H and O–H groups in total. The van der Waals surface area contributed by atoms with Gasteiger partial charge in [0.15, 0.2) is 0 Å². The maximum absolute atomic E-state index is 8.85. The van der Waals surface area contributed by atoms with Gasteiger partial charge in [0, 0.05) is 6.54 Å². The predicted octanol–water partition coefficient (Wildman–Crippen LogP) is 0.438. The van der Waals surface area contributed by atoms with Gasteiger partial charge in [0.1, 0.15) is 0 Å². The lowest BCUT2D eigenvalue weighted by molar-refractivity contribution is 0.170. The van der Waals surface area contributed by atoms with Crippen LogP contribution in [0.5, 0.6) is 0 Å². The summed E-state index contributed by atoms with van der Waals surface area (Å²) in [5.74, 6) is 0. The number of hydrogen-bond donors (Lipinski definition) is 3. The van der Waals surface area contributed by atoms with Gasteiger partial charge >= 0.3 is 0 Å². The van der Waals surface area contributed by atoms with Crippen molar-refractivity contribution in [3.8, 4) is 0 Å². The maximum Gasteiger partial charge on any atom is 0.0607 e. The van der Waals surface area contributed by atoms with Gasteiger partial charge in [-0.2, -0.15) is 0 Å². The van der Waals surface area contributed by atoms with Crippen molar-refractivity contribution in [1.29, 1.82) is 0 Å². The Morgan fingerprint density at radius 3 is 2.43 bits per heavy atom. The van der Waals surface area contributed by atoms with Crippen LogP contribution in [0.4, 0.5) is 0 Å². The fourth-order valence-corrected chi connectivity index (χ4v) is 1.25. The smallest absolute Gasteiger partial charge is 0.0607 e. The summed E-state index contributed by atoms with van der Waals surface area (Å²) < 4.78 is 0. The molecule has 0 saturated carbocycles. The zero-order valence-electron chi connectivity index (χ0n) is 8.40. The van der Waals surface area contributed by atoms with Crippen molar-refractivity contribution < 1.29 is 10.2 Å². The molecule has 0 atom stereocenters. The number of hydrogen-bond acceptors (Lipinski definition) is 3. The van der Waals surface area contributed by atoms with Crippen LogP contribution >= 0.6 is 0 Å². The molecule has 0 amide bonds. The van der Waals surface area contributed by atoms with E-state index in [1.54, 1.807) is 0 Å². The summed E-state index contributed by atoms with van der Waals surface area (Å²) >= 11 is 0. The van der Waals surface area contributed by atoms with Crippen molar-refractivity contribution in [3.63, 3.8) is 0 Å². The number of aryl methyl sites for hydroxylation is 1. The average molecular weight is 195 g/mol. The number of nitrogens with one attached hydrogen (secondary N) is 1. The Morgan fingerprint density at radius 1 is 1.21 bits per heavy atom. The fourth-order valence-electron chi connectivity index (χ4n) is 1.25. The highest BCUT2D eigenvalue weighted by molar-refractivity contribution is 5.25. The molecule has 0 heterocycles. The summed E-state index contributed by atoms with van der Waals surface area (Å²) in [5.41, 5.74) is 2.41. The van der Waals surface area contributed by atoms with Crippen LogP contribution in [0.25, 0.3) is 0 Å². The van der Waals surface area contributed by atoms with Gasteiger partial charge in [0.2, 0.25) is 0 Å². The van der Waals surface area contributed by atoms with Gasteiger partial charge < -0.3 is 15.5 Å². The Hall–Kier alpha value is -0.900. The zero-order valence-corrected chi connectivity index (χ0v) is 8.40. The van der Waals surface area contributed by atoms with Gasteiger partial charge in [-0.3, -0.25) is 0 Å².